The Kier molecular flexibility index (Phi) is 5.65. The van der Waals surface area contributed by atoms with Crippen LogP contribution in [0, 0.1) is 0 Å². The number of hydroxylamine groups is 2. The van der Waals surface area contributed by atoms with Crippen LogP contribution in [0.25, 0.3) is 0 Å². The molecule has 3 amide bonds. The zero-order valence-electron chi connectivity index (χ0n) is 13.0. The van der Waals surface area contributed by atoms with Gasteiger partial charge in [-0.3, -0.25) is 9.35 Å². The molecule has 0 unspecified atom stereocenters. The molecule has 0 spiro atoms. The number of fused-ring (bicyclic) bond motifs is 2. The minimum absolute atomic E-state index is 0. The molecular weight excluding hydrogens is 344 g/mol. The van der Waals surface area contributed by atoms with Crippen LogP contribution in [0.1, 0.15) is 25.7 Å². The maximum atomic E-state index is 12.4. The summed E-state index contributed by atoms with van der Waals surface area (Å²) in [5.41, 5.74) is 0. The van der Waals surface area contributed by atoms with Crippen molar-refractivity contribution in [1.82, 2.24) is 20.6 Å². The molecule has 0 radical (unpaired) electrons. The van der Waals surface area contributed by atoms with Gasteiger partial charge < -0.3 is 21.0 Å². The van der Waals surface area contributed by atoms with Gasteiger partial charge in [-0.05, 0) is 38.8 Å². The number of nitrogens with zero attached hydrogens (tertiary/aromatic N) is 2. The van der Waals surface area contributed by atoms with Crippen LogP contribution < -0.4 is 10.6 Å². The zero-order chi connectivity index (χ0) is 16.6. The number of urea groups is 1. The van der Waals surface area contributed by atoms with Gasteiger partial charge in [0.25, 0.3) is 0 Å². The minimum atomic E-state index is -4.77. The molecule has 3 rings (SSSR count). The Morgan fingerprint density at radius 1 is 1.25 bits per heavy atom. The quantitative estimate of drug-likeness (QED) is 0.487. The monoisotopic (exact) mass is 366 g/mol. The van der Waals surface area contributed by atoms with Crippen molar-refractivity contribution in [3.8, 4) is 0 Å². The summed E-state index contributed by atoms with van der Waals surface area (Å²) >= 11 is 0. The smallest absolute Gasteiger partial charge is 0.412 e. The maximum Gasteiger partial charge on any atom is 0.418 e. The van der Waals surface area contributed by atoms with Crippen LogP contribution in [-0.2, 0) is 19.5 Å². The van der Waals surface area contributed by atoms with E-state index in [1.807, 2.05) is 0 Å². The van der Waals surface area contributed by atoms with E-state index in [1.54, 1.807) is 0 Å². The summed E-state index contributed by atoms with van der Waals surface area (Å²) in [6.45, 7) is 1.89. The maximum absolute atomic E-state index is 12.4. The van der Waals surface area contributed by atoms with Crippen molar-refractivity contribution >= 4 is 22.3 Å². The molecule has 2 bridgehead atoms. The van der Waals surface area contributed by atoms with Gasteiger partial charge in [-0.25, -0.2) is 4.79 Å². The van der Waals surface area contributed by atoms with Gasteiger partial charge in [-0.15, -0.1) is 4.28 Å². The number of amides is 3. The van der Waals surface area contributed by atoms with Crippen LogP contribution in [0.15, 0.2) is 0 Å². The second kappa shape index (κ2) is 7.19. The van der Waals surface area contributed by atoms with E-state index < -0.39 is 28.5 Å². The Morgan fingerprint density at radius 3 is 2.54 bits per heavy atom. The SMILES string of the molecule is O.O=C(NC1CCNCC1)[C@H]1CC[C@@H]2CN1C(=O)N2OS(=O)(=O)O. The number of hydrogen-bond acceptors (Lipinski definition) is 6. The van der Waals surface area contributed by atoms with E-state index in [1.165, 1.54) is 4.90 Å². The van der Waals surface area contributed by atoms with Crippen molar-refractivity contribution in [2.45, 2.75) is 43.8 Å². The van der Waals surface area contributed by atoms with Gasteiger partial charge in [0.1, 0.15) is 6.04 Å². The van der Waals surface area contributed by atoms with Crippen molar-refractivity contribution < 1.29 is 32.3 Å². The second-order valence-corrected chi connectivity index (χ2v) is 7.05. The fraction of sp³-hybridized carbons (Fsp3) is 0.833. The Balaban J connectivity index is 0.00000208. The van der Waals surface area contributed by atoms with Gasteiger partial charge >= 0.3 is 16.4 Å². The number of carbonyl (C=O) groups excluding carboxylic acids is 2. The first-order valence-electron chi connectivity index (χ1n) is 7.63. The molecule has 3 aliphatic heterocycles. The van der Waals surface area contributed by atoms with E-state index in [4.69, 9.17) is 4.55 Å². The summed E-state index contributed by atoms with van der Waals surface area (Å²) < 4.78 is 34.8. The van der Waals surface area contributed by atoms with Crippen molar-refractivity contribution in [3.05, 3.63) is 0 Å². The van der Waals surface area contributed by atoms with Gasteiger partial charge in [0.2, 0.25) is 5.91 Å². The summed E-state index contributed by atoms with van der Waals surface area (Å²) in [5, 5.41) is 6.81. The lowest BCUT2D eigenvalue weighted by atomic mass is 9.99. The molecule has 2 atom stereocenters. The normalized spacial score (nSPS) is 27.8. The van der Waals surface area contributed by atoms with E-state index in [-0.39, 0.29) is 24.0 Å². The lowest BCUT2D eigenvalue weighted by Crippen LogP contribution is -2.53. The molecule has 0 saturated carbocycles. The third-order valence-corrected chi connectivity index (χ3v) is 4.83. The second-order valence-electron chi connectivity index (χ2n) is 6.04. The van der Waals surface area contributed by atoms with Gasteiger partial charge in [-0.2, -0.15) is 13.5 Å². The van der Waals surface area contributed by atoms with Gasteiger partial charge in [0.05, 0.1) is 6.04 Å². The Hall–Kier alpha value is -1.47. The van der Waals surface area contributed by atoms with Crippen LogP contribution in [0.2, 0.25) is 0 Å². The number of nitrogens with one attached hydrogen (secondary N) is 2. The average Bonchev–Trinajstić information content (AvgIpc) is 2.72. The molecule has 3 fully saturated rings. The number of carbonyl (C=O) groups is 2. The highest BCUT2D eigenvalue weighted by Crippen LogP contribution is 2.30. The fourth-order valence-corrected chi connectivity index (χ4v) is 3.76. The molecule has 0 aromatic heterocycles. The predicted molar refractivity (Wildman–Crippen MR) is 81.0 cm³/mol. The first-order chi connectivity index (χ1) is 10.8. The molecule has 3 aliphatic rings. The van der Waals surface area contributed by atoms with Crippen molar-refractivity contribution in [2.24, 2.45) is 0 Å². The van der Waals surface area contributed by atoms with Gasteiger partial charge in [-0.1, -0.05) is 0 Å². The first kappa shape index (κ1) is 18.9. The summed E-state index contributed by atoms with van der Waals surface area (Å²) in [7, 11) is -4.77. The first-order valence-corrected chi connectivity index (χ1v) is 8.99. The number of rotatable bonds is 4. The van der Waals surface area contributed by atoms with E-state index in [2.05, 4.69) is 14.9 Å². The summed E-state index contributed by atoms with van der Waals surface area (Å²) in [6, 6.07) is -1.74. The Labute approximate surface area is 139 Å². The molecule has 5 N–H and O–H groups in total. The fourth-order valence-electron chi connectivity index (χ4n) is 3.37. The van der Waals surface area contributed by atoms with E-state index in [0.717, 1.165) is 25.9 Å². The molecule has 0 aromatic carbocycles. The van der Waals surface area contributed by atoms with E-state index in [0.29, 0.717) is 17.9 Å². The Morgan fingerprint density at radius 2 is 1.92 bits per heavy atom. The standard InChI is InChI=1S/C12H20N4O6S.H2O/c17-11(14-8-3-5-13-6-4-8)10-2-1-9-7-15(10)12(18)16(9)22-23(19,20)21;/h8-10,13H,1-7H2,(H,14,17)(H,19,20,21);1H2/t9-,10-;/m1./s1. The molecule has 3 saturated heterocycles. The highest BCUT2D eigenvalue weighted by atomic mass is 32.3. The zero-order valence-corrected chi connectivity index (χ0v) is 13.8. The molecule has 24 heavy (non-hydrogen) atoms. The predicted octanol–water partition coefficient (Wildman–Crippen LogP) is -1.97. The topological polar surface area (TPSA) is 160 Å². The van der Waals surface area contributed by atoms with Crippen LogP contribution >= 0.6 is 0 Å². The van der Waals surface area contributed by atoms with Crippen molar-refractivity contribution in [1.29, 1.82) is 0 Å². The van der Waals surface area contributed by atoms with Gasteiger partial charge in [0, 0.05) is 12.6 Å². The average molecular weight is 366 g/mol. The van der Waals surface area contributed by atoms with Crippen molar-refractivity contribution in [2.75, 3.05) is 19.6 Å². The third kappa shape index (κ3) is 3.95. The third-order valence-electron chi connectivity index (χ3n) is 4.49. The minimum Gasteiger partial charge on any atom is -0.412 e. The molecule has 0 aromatic rings. The number of piperidine rings is 2. The molecule has 3 heterocycles. The van der Waals surface area contributed by atoms with Crippen LogP contribution in [0.5, 0.6) is 0 Å². The Bertz CT molecular complexity index is 592. The highest BCUT2D eigenvalue weighted by molar-refractivity contribution is 7.80. The lowest BCUT2D eigenvalue weighted by Gasteiger charge is -2.32. The van der Waals surface area contributed by atoms with Crippen LogP contribution in [0.3, 0.4) is 0 Å². The van der Waals surface area contributed by atoms with Crippen molar-refractivity contribution in [3.63, 3.8) is 0 Å². The molecule has 12 heteroatoms. The summed E-state index contributed by atoms with van der Waals surface area (Å²) in [6.07, 6.45) is 2.54. The molecular formula is C12H22N4O7S. The van der Waals surface area contributed by atoms with Crippen LogP contribution in [0.4, 0.5) is 4.79 Å². The molecule has 0 aliphatic carbocycles. The van der Waals surface area contributed by atoms with Crippen LogP contribution in [-0.4, -0.2) is 78.1 Å². The molecule has 138 valence electrons. The van der Waals surface area contributed by atoms with Gasteiger partial charge in [0.15, 0.2) is 0 Å². The van der Waals surface area contributed by atoms with E-state index >= 15 is 0 Å². The lowest BCUT2D eigenvalue weighted by molar-refractivity contribution is -0.127. The molecule has 11 nitrogen and oxygen atoms in total. The van der Waals surface area contributed by atoms with E-state index in [9.17, 15) is 18.0 Å². The summed E-state index contributed by atoms with van der Waals surface area (Å²) in [5.74, 6) is -0.225. The largest absolute Gasteiger partial charge is 0.418 e. The highest BCUT2D eigenvalue weighted by Gasteiger charge is 2.49. The number of hydrogen-bond donors (Lipinski definition) is 3. The summed E-state index contributed by atoms with van der Waals surface area (Å²) in [4.78, 5) is 26.0.